The van der Waals surface area contributed by atoms with E-state index in [-0.39, 0.29) is 11.8 Å². The largest absolute Gasteiger partial charge is 0.387 e. The first kappa shape index (κ1) is 11.7. The summed E-state index contributed by atoms with van der Waals surface area (Å²) in [5.74, 6) is 0.00758. The minimum absolute atomic E-state index is 0.0286. The number of carbonyl (C=O) groups is 1. The fourth-order valence-corrected chi connectivity index (χ4v) is 2.75. The van der Waals surface area contributed by atoms with Crippen molar-refractivity contribution in [1.29, 1.82) is 0 Å². The molecule has 0 radical (unpaired) electrons. The number of β-amino-alcohol motifs (C(OH)–C–C–N with tert-alkyl or cyclic N) is 1. The highest BCUT2D eigenvalue weighted by Gasteiger charge is 2.35. The van der Waals surface area contributed by atoms with Gasteiger partial charge in [-0.2, -0.15) is 0 Å². The molecule has 3 N–H and O–H groups in total. The molecule has 96 valence electrons. The summed E-state index contributed by atoms with van der Waals surface area (Å²) in [7, 11) is 0. The Hall–Kier alpha value is -1.39. The van der Waals surface area contributed by atoms with Crippen LogP contribution in [0.4, 0.5) is 0 Å². The van der Waals surface area contributed by atoms with Crippen molar-refractivity contribution >= 4 is 5.91 Å². The number of aliphatic hydroxyl groups is 1. The van der Waals surface area contributed by atoms with Crippen molar-refractivity contribution in [2.24, 2.45) is 0 Å². The first-order chi connectivity index (χ1) is 8.68. The average Bonchev–Trinajstić information content (AvgIpc) is 2.76. The van der Waals surface area contributed by atoms with Gasteiger partial charge in [-0.3, -0.25) is 4.79 Å². The Morgan fingerprint density at radius 2 is 2.33 bits per heavy atom. The Balaban J connectivity index is 1.58. The molecule has 2 atom stereocenters. The SMILES string of the molecule is O=C(NCC1(O)CCNC1)C1Cc2ccccc21. The van der Waals surface area contributed by atoms with Crippen LogP contribution in [0.15, 0.2) is 24.3 Å². The van der Waals surface area contributed by atoms with Gasteiger partial charge in [0.15, 0.2) is 0 Å². The molecular weight excluding hydrogens is 228 g/mol. The molecule has 1 saturated heterocycles. The normalized spacial score (nSPS) is 29.5. The summed E-state index contributed by atoms with van der Waals surface area (Å²) < 4.78 is 0. The Bertz CT molecular complexity index is 467. The lowest BCUT2D eigenvalue weighted by atomic mass is 9.77. The number of fused-ring (bicyclic) bond motifs is 1. The highest BCUT2D eigenvalue weighted by atomic mass is 16.3. The van der Waals surface area contributed by atoms with Gasteiger partial charge in [0.2, 0.25) is 5.91 Å². The lowest BCUT2D eigenvalue weighted by Gasteiger charge is -2.30. The minimum atomic E-state index is -0.765. The molecule has 0 saturated carbocycles. The van der Waals surface area contributed by atoms with E-state index in [1.807, 2.05) is 18.2 Å². The van der Waals surface area contributed by atoms with Crippen LogP contribution in [0.5, 0.6) is 0 Å². The van der Waals surface area contributed by atoms with Gasteiger partial charge in [-0.25, -0.2) is 0 Å². The molecule has 3 rings (SSSR count). The van der Waals surface area contributed by atoms with E-state index in [2.05, 4.69) is 16.7 Å². The highest BCUT2D eigenvalue weighted by molar-refractivity contribution is 5.86. The van der Waals surface area contributed by atoms with Crippen LogP contribution in [0.2, 0.25) is 0 Å². The molecule has 18 heavy (non-hydrogen) atoms. The van der Waals surface area contributed by atoms with Gasteiger partial charge in [0.05, 0.1) is 11.5 Å². The summed E-state index contributed by atoms with van der Waals surface area (Å²) >= 11 is 0. The standard InChI is InChI=1S/C14H18N2O2/c17-13(16-9-14(18)5-6-15-8-14)12-7-10-3-1-2-4-11(10)12/h1-4,12,15,18H,5-9H2,(H,16,17). The van der Waals surface area contributed by atoms with E-state index in [0.717, 1.165) is 18.5 Å². The average molecular weight is 246 g/mol. The summed E-state index contributed by atoms with van der Waals surface area (Å²) in [6, 6.07) is 8.04. The molecule has 1 amide bonds. The molecule has 1 aromatic rings. The summed E-state index contributed by atoms with van der Waals surface area (Å²) in [5, 5.41) is 16.1. The Kier molecular flexibility index (Phi) is 2.84. The van der Waals surface area contributed by atoms with E-state index in [0.29, 0.717) is 19.5 Å². The third kappa shape index (κ3) is 2.02. The molecule has 0 aromatic heterocycles. The highest BCUT2D eigenvalue weighted by Crippen LogP contribution is 2.34. The smallest absolute Gasteiger partial charge is 0.227 e. The van der Waals surface area contributed by atoms with E-state index < -0.39 is 5.60 Å². The zero-order valence-corrected chi connectivity index (χ0v) is 10.3. The quantitative estimate of drug-likeness (QED) is 0.712. The van der Waals surface area contributed by atoms with E-state index in [4.69, 9.17) is 0 Å². The van der Waals surface area contributed by atoms with Crippen LogP contribution in [-0.2, 0) is 11.2 Å². The predicted octanol–water partition coefficient (Wildman–Crippen LogP) is 0.167. The van der Waals surface area contributed by atoms with Crippen LogP contribution < -0.4 is 10.6 Å². The van der Waals surface area contributed by atoms with E-state index in [1.165, 1.54) is 5.56 Å². The van der Waals surface area contributed by atoms with Gasteiger partial charge in [0.25, 0.3) is 0 Å². The van der Waals surface area contributed by atoms with Crippen molar-refractivity contribution in [3.63, 3.8) is 0 Å². The zero-order chi connectivity index (χ0) is 12.6. The van der Waals surface area contributed by atoms with Crippen LogP contribution in [0.25, 0.3) is 0 Å². The fourth-order valence-electron chi connectivity index (χ4n) is 2.75. The molecule has 1 fully saturated rings. The van der Waals surface area contributed by atoms with Gasteiger partial charge >= 0.3 is 0 Å². The number of hydrogen-bond acceptors (Lipinski definition) is 3. The molecule has 0 bridgehead atoms. The summed E-state index contributed by atoms with van der Waals surface area (Å²) in [6.07, 6.45) is 1.52. The van der Waals surface area contributed by atoms with Gasteiger partial charge in [-0.1, -0.05) is 24.3 Å². The molecule has 1 heterocycles. The van der Waals surface area contributed by atoms with Crippen molar-refractivity contribution in [2.75, 3.05) is 19.6 Å². The maximum Gasteiger partial charge on any atom is 0.227 e. The van der Waals surface area contributed by atoms with Crippen LogP contribution in [0.3, 0.4) is 0 Å². The molecule has 1 aliphatic carbocycles. The minimum Gasteiger partial charge on any atom is -0.387 e. The second-order valence-corrected chi connectivity index (χ2v) is 5.32. The summed E-state index contributed by atoms with van der Waals surface area (Å²) in [4.78, 5) is 12.0. The van der Waals surface area contributed by atoms with Crippen LogP contribution >= 0.6 is 0 Å². The number of nitrogens with one attached hydrogen (secondary N) is 2. The van der Waals surface area contributed by atoms with Crippen molar-refractivity contribution in [1.82, 2.24) is 10.6 Å². The topological polar surface area (TPSA) is 61.4 Å². The number of carbonyl (C=O) groups excluding carboxylic acids is 1. The summed E-state index contributed by atoms with van der Waals surface area (Å²) in [5.41, 5.74) is 1.63. The monoisotopic (exact) mass is 246 g/mol. The Labute approximate surface area is 106 Å². The van der Waals surface area contributed by atoms with Gasteiger partial charge in [-0.05, 0) is 30.5 Å². The number of benzene rings is 1. The molecule has 1 aliphatic heterocycles. The van der Waals surface area contributed by atoms with Crippen molar-refractivity contribution < 1.29 is 9.90 Å². The molecular formula is C14H18N2O2. The van der Waals surface area contributed by atoms with Gasteiger partial charge in [0, 0.05) is 13.1 Å². The van der Waals surface area contributed by atoms with Crippen molar-refractivity contribution in [3.8, 4) is 0 Å². The third-order valence-electron chi connectivity index (χ3n) is 3.98. The molecule has 2 unspecified atom stereocenters. The van der Waals surface area contributed by atoms with Crippen LogP contribution in [-0.4, -0.2) is 36.2 Å². The van der Waals surface area contributed by atoms with E-state index in [1.54, 1.807) is 0 Å². The maximum absolute atomic E-state index is 12.0. The lowest BCUT2D eigenvalue weighted by molar-refractivity contribution is -0.124. The second kappa shape index (κ2) is 4.37. The molecule has 1 aromatic carbocycles. The molecule has 0 spiro atoms. The molecule has 2 aliphatic rings. The number of rotatable bonds is 3. The van der Waals surface area contributed by atoms with Crippen LogP contribution in [0.1, 0.15) is 23.5 Å². The summed E-state index contributed by atoms with van der Waals surface area (Å²) in [6.45, 7) is 1.73. The maximum atomic E-state index is 12.0. The molecule has 4 nitrogen and oxygen atoms in total. The van der Waals surface area contributed by atoms with Crippen molar-refractivity contribution in [2.45, 2.75) is 24.4 Å². The van der Waals surface area contributed by atoms with Crippen molar-refractivity contribution in [3.05, 3.63) is 35.4 Å². The third-order valence-corrected chi connectivity index (χ3v) is 3.98. The Morgan fingerprint density at radius 3 is 3.06 bits per heavy atom. The number of hydrogen-bond donors (Lipinski definition) is 3. The second-order valence-electron chi connectivity index (χ2n) is 5.32. The lowest BCUT2D eigenvalue weighted by Crippen LogP contribution is -2.46. The van der Waals surface area contributed by atoms with E-state index in [9.17, 15) is 9.90 Å². The molecule has 4 heteroatoms. The van der Waals surface area contributed by atoms with Crippen LogP contribution in [0, 0.1) is 0 Å². The first-order valence-electron chi connectivity index (χ1n) is 6.47. The van der Waals surface area contributed by atoms with Gasteiger partial charge < -0.3 is 15.7 Å². The predicted molar refractivity (Wildman–Crippen MR) is 68.3 cm³/mol. The van der Waals surface area contributed by atoms with E-state index >= 15 is 0 Å². The van der Waals surface area contributed by atoms with Gasteiger partial charge in [0.1, 0.15) is 0 Å². The zero-order valence-electron chi connectivity index (χ0n) is 10.3. The van der Waals surface area contributed by atoms with Gasteiger partial charge in [-0.15, -0.1) is 0 Å². The fraction of sp³-hybridized carbons (Fsp3) is 0.500. The Morgan fingerprint density at radius 1 is 1.50 bits per heavy atom. The number of amides is 1. The first-order valence-corrected chi connectivity index (χ1v) is 6.47.